The Kier molecular flexibility index (Phi) is 4.35. The highest BCUT2D eigenvalue weighted by Gasteiger charge is 2.22. The summed E-state index contributed by atoms with van der Waals surface area (Å²) in [6, 6.07) is 2.16. The molecule has 0 spiro atoms. The molecule has 3 N–H and O–H groups in total. The largest absolute Gasteiger partial charge is 0.462 e. The summed E-state index contributed by atoms with van der Waals surface area (Å²) in [4.78, 5) is 11.9. The van der Waals surface area contributed by atoms with Crippen LogP contribution in [0.25, 0.3) is 0 Å². The van der Waals surface area contributed by atoms with Crippen molar-refractivity contribution in [3.05, 3.63) is 10.4 Å². The molecule has 0 radical (unpaired) electrons. The maximum atomic E-state index is 11.6. The van der Waals surface area contributed by atoms with E-state index in [1.54, 1.807) is 6.92 Å². The number of nitriles is 1. The molecule has 17 heavy (non-hydrogen) atoms. The zero-order chi connectivity index (χ0) is 13.0. The molecule has 1 rings (SSSR count). The molecule has 0 bridgehead atoms. The van der Waals surface area contributed by atoms with Crippen molar-refractivity contribution in [2.24, 2.45) is 0 Å². The molecule has 0 aliphatic carbocycles. The summed E-state index contributed by atoms with van der Waals surface area (Å²) in [6.07, 6.45) is 0. The van der Waals surface area contributed by atoms with E-state index in [9.17, 15) is 4.79 Å². The Bertz CT molecular complexity index is 460. The molecule has 0 unspecified atom stereocenters. The van der Waals surface area contributed by atoms with Crippen molar-refractivity contribution < 1.29 is 9.53 Å². The van der Waals surface area contributed by atoms with Crippen LogP contribution in [0, 0.1) is 11.3 Å². The average Bonchev–Trinajstić information content (AvgIpc) is 2.54. The number of nitrogens with two attached hydrogens (primary N) is 1. The predicted octanol–water partition coefficient (Wildman–Crippen LogP) is 2.20. The number of nitrogens with one attached hydrogen (secondary N) is 1. The maximum Gasteiger partial charge on any atom is 0.350 e. The molecular formula is C11H15N3O2S. The van der Waals surface area contributed by atoms with Crippen molar-refractivity contribution >= 4 is 28.0 Å². The number of ether oxygens (including phenoxy) is 1. The normalized spacial score (nSPS) is 10.1. The minimum atomic E-state index is -0.483. The Labute approximate surface area is 104 Å². The summed E-state index contributed by atoms with van der Waals surface area (Å²) in [7, 11) is 0. The SMILES string of the molecule is CCOC(=O)c1sc(NC(C)C)c(C#N)c1N. The molecule has 1 aromatic rings. The number of carbonyl (C=O) groups excluding carboxylic acids is 1. The predicted molar refractivity (Wildman–Crippen MR) is 68.2 cm³/mol. The van der Waals surface area contributed by atoms with Crippen LogP contribution in [0.3, 0.4) is 0 Å². The van der Waals surface area contributed by atoms with Crippen LogP contribution in [-0.4, -0.2) is 18.6 Å². The van der Waals surface area contributed by atoms with Gasteiger partial charge in [-0.1, -0.05) is 0 Å². The van der Waals surface area contributed by atoms with Crippen LogP contribution in [-0.2, 0) is 4.74 Å². The third-order valence-corrected chi connectivity index (χ3v) is 3.05. The van der Waals surface area contributed by atoms with Gasteiger partial charge in [-0.2, -0.15) is 5.26 Å². The highest BCUT2D eigenvalue weighted by Crippen LogP contribution is 2.35. The molecule has 0 saturated carbocycles. The van der Waals surface area contributed by atoms with Crippen LogP contribution in [0.15, 0.2) is 0 Å². The summed E-state index contributed by atoms with van der Waals surface area (Å²) in [5.74, 6) is -0.483. The van der Waals surface area contributed by atoms with Gasteiger partial charge in [0.2, 0.25) is 0 Å². The van der Waals surface area contributed by atoms with Crippen LogP contribution in [0.2, 0.25) is 0 Å². The van der Waals surface area contributed by atoms with Gasteiger partial charge in [0.25, 0.3) is 0 Å². The van der Waals surface area contributed by atoms with Crippen molar-refractivity contribution in [1.82, 2.24) is 0 Å². The fourth-order valence-corrected chi connectivity index (χ4v) is 2.38. The fraction of sp³-hybridized carbons (Fsp3) is 0.455. The van der Waals surface area contributed by atoms with Crippen LogP contribution < -0.4 is 11.1 Å². The maximum absolute atomic E-state index is 11.6. The summed E-state index contributed by atoms with van der Waals surface area (Å²) in [6.45, 7) is 5.90. The van der Waals surface area contributed by atoms with Crippen molar-refractivity contribution in [1.29, 1.82) is 5.26 Å². The van der Waals surface area contributed by atoms with Gasteiger partial charge in [-0.25, -0.2) is 4.79 Å². The second kappa shape index (κ2) is 5.55. The number of esters is 1. The molecule has 0 saturated heterocycles. The highest BCUT2D eigenvalue weighted by atomic mass is 32.1. The first-order valence-corrected chi connectivity index (χ1v) is 6.08. The van der Waals surface area contributed by atoms with Crippen molar-refractivity contribution in [2.45, 2.75) is 26.8 Å². The van der Waals surface area contributed by atoms with Gasteiger partial charge in [-0.05, 0) is 20.8 Å². The van der Waals surface area contributed by atoms with E-state index in [0.717, 1.165) is 11.3 Å². The topological polar surface area (TPSA) is 88.1 Å². The van der Waals surface area contributed by atoms with Gasteiger partial charge in [-0.3, -0.25) is 0 Å². The van der Waals surface area contributed by atoms with Gasteiger partial charge >= 0.3 is 5.97 Å². The third-order valence-electron chi connectivity index (χ3n) is 1.94. The van der Waals surface area contributed by atoms with Crippen molar-refractivity contribution in [3.8, 4) is 6.07 Å². The first kappa shape index (κ1) is 13.3. The summed E-state index contributed by atoms with van der Waals surface area (Å²) >= 11 is 1.15. The van der Waals surface area contributed by atoms with Crippen LogP contribution in [0.1, 0.15) is 36.0 Å². The minimum absolute atomic E-state index is 0.162. The first-order chi connectivity index (χ1) is 8.01. The smallest absolute Gasteiger partial charge is 0.350 e. The van der Waals surface area contributed by atoms with E-state index in [1.807, 2.05) is 19.9 Å². The third kappa shape index (κ3) is 2.88. The Morgan fingerprint density at radius 3 is 2.76 bits per heavy atom. The Hall–Kier alpha value is -1.74. The Balaban J connectivity index is 3.14. The molecule has 0 aliphatic heterocycles. The monoisotopic (exact) mass is 253 g/mol. The van der Waals surface area contributed by atoms with E-state index in [4.69, 9.17) is 15.7 Å². The number of nitrogen functional groups attached to an aromatic ring is 1. The number of carbonyl (C=O) groups is 1. The summed E-state index contributed by atoms with van der Waals surface area (Å²) in [5, 5.41) is 12.7. The average molecular weight is 253 g/mol. The van der Waals surface area contributed by atoms with E-state index < -0.39 is 5.97 Å². The standard InChI is InChI=1S/C11H15N3O2S/c1-4-16-11(15)9-8(13)7(5-12)10(17-9)14-6(2)3/h6,14H,4,13H2,1-3H3. The lowest BCUT2D eigenvalue weighted by molar-refractivity contribution is 0.0533. The van der Waals surface area contributed by atoms with Crippen LogP contribution >= 0.6 is 11.3 Å². The van der Waals surface area contributed by atoms with E-state index in [2.05, 4.69) is 5.32 Å². The molecule has 5 nitrogen and oxygen atoms in total. The van der Waals surface area contributed by atoms with Gasteiger partial charge < -0.3 is 15.8 Å². The quantitative estimate of drug-likeness (QED) is 0.803. The summed E-state index contributed by atoms with van der Waals surface area (Å²) < 4.78 is 4.88. The van der Waals surface area contributed by atoms with Crippen LogP contribution in [0.5, 0.6) is 0 Å². The molecule has 92 valence electrons. The molecule has 0 aliphatic rings. The summed E-state index contributed by atoms with van der Waals surface area (Å²) in [5.41, 5.74) is 6.27. The number of anilines is 2. The lowest BCUT2D eigenvalue weighted by atomic mass is 10.2. The molecule has 1 heterocycles. The molecule has 0 fully saturated rings. The second-order valence-corrected chi connectivity index (χ2v) is 4.70. The van der Waals surface area contributed by atoms with E-state index >= 15 is 0 Å². The number of hydrogen-bond acceptors (Lipinski definition) is 6. The number of thiophene rings is 1. The fourth-order valence-electron chi connectivity index (χ4n) is 1.27. The van der Waals surface area contributed by atoms with Gasteiger partial charge in [0.15, 0.2) is 0 Å². The van der Waals surface area contributed by atoms with Gasteiger partial charge in [0.1, 0.15) is 21.5 Å². The molecule has 0 aromatic carbocycles. The highest BCUT2D eigenvalue weighted by molar-refractivity contribution is 7.18. The van der Waals surface area contributed by atoms with Gasteiger partial charge in [0, 0.05) is 6.04 Å². The van der Waals surface area contributed by atoms with Crippen molar-refractivity contribution in [2.75, 3.05) is 17.7 Å². The lowest BCUT2D eigenvalue weighted by Crippen LogP contribution is -2.09. The zero-order valence-electron chi connectivity index (χ0n) is 10.0. The molecule has 6 heteroatoms. The molecular weight excluding hydrogens is 238 g/mol. The van der Waals surface area contributed by atoms with Gasteiger partial charge in [-0.15, -0.1) is 11.3 Å². The van der Waals surface area contributed by atoms with E-state index in [-0.39, 0.29) is 23.2 Å². The Morgan fingerprint density at radius 2 is 2.29 bits per heavy atom. The lowest BCUT2D eigenvalue weighted by Gasteiger charge is -2.06. The van der Waals surface area contributed by atoms with E-state index in [0.29, 0.717) is 10.6 Å². The van der Waals surface area contributed by atoms with Crippen molar-refractivity contribution in [3.63, 3.8) is 0 Å². The van der Waals surface area contributed by atoms with Crippen LogP contribution in [0.4, 0.5) is 10.7 Å². The zero-order valence-corrected chi connectivity index (χ0v) is 10.9. The minimum Gasteiger partial charge on any atom is -0.462 e. The molecule has 0 atom stereocenters. The second-order valence-electron chi connectivity index (χ2n) is 3.68. The first-order valence-electron chi connectivity index (χ1n) is 5.27. The number of nitrogens with zero attached hydrogens (tertiary/aromatic N) is 1. The van der Waals surface area contributed by atoms with E-state index in [1.165, 1.54) is 0 Å². The van der Waals surface area contributed by atoms with Gasteiger partial charge in [0.05, 0.1) is 12.3 Å². The molecule has 0 amide bonds. The number of rotatable bonds is 4. The number of hydrogen-bond donors (Lipinski definition) is 2. The molecule has 1 aromatic heterocycles. The Morgan fingerprint density at radius 1 is 1.65 bits per heavy atom.